The monoisotopic (exact) mass is 430 g/mol. The quantitative estimate of drug-likeness (QED) is 0.564. The molecule has 0 saturated carbocycles. The molecule has 2 aromatic carbocycles. The van der Waals surface area contributed by atoms with Crippen molar-refractivity contribution in [1.82, 2.24) is 9.80 Å². The topological polar surface area (TPSA) is 32.8 Å². The van der Waals surface area contributed by atoms with E-state index in [1.165, 1.54) is 45.2 Å². The van der Waals surface area contributed by atoms with E-state index in [2.05, 4.69) is 23.1 Å². The molecule has 0 radical (unpaired) electrons. The number of likely N-dealkylation sites (tertiary alicyclic amines) is 2. The Morgan fingerprint density at radius 2 is 1.43 bits per heavy atom. The maximum Gasteiger partial charge on any atom is 0.253 e. The number of piperidine rings is 1. The van der Waals surface area contributed by atoms with Crippen molar-refractivity contribution < 1.29 is 9.53 Å². The summed E-state index contributed by atoms with van der Waals surface area (Å²) in [5.74, 6) is 1.09. The Labute approximate surface area is 187 Å². The summed E-state index contributed by atoms with van der Waals surface area (Å²) in [7, 11) is 0. The molecule has 2 aliphatic heterocycles. The van der Waals surface area contributed by atoms with Crippen LogP contribution in [-0.2, 0) is 0 Å². The zero-order valence-corrected chi connectivity index (χ0v) is 18.8. The Kier molecular flexibility index (Phi) is 8.83. The third kappa shape index (κ3) is 6.12. The molecule has 0 aromatic heterocycles. The predicted octanol–water partition coefficient (Wildman–Crippen LogP) is 5.53. The van der Waals surface area contributed by atoms with Gasteiger partial charge in [0.05, 0.1) is 6.61 Å². The van der Waals surface area contributed by atoms with E-state index in [-0.39, 0.29) is 18.3 Å². The average molecular weight is 431 g/mol. The molecular formula is C25H35ClN2O2. The summed E-state index contributed by atoms with van der Waals surface area (Å²) in [6.07, 6.45) is 9.86. The first-order valence-electron chi connectivity index (χ1n) is 11.5. The third-order valence-electron chi connectivity index (χ3n) is 6.29. The van der Waals surface area contributed by atoms with Crippen LogP contribution in [0.5, 0.6) is 5.75 Å². The second-order valence-corrected chi connectivity index (χ2v) is 8.53. The Balaban J connectivity index is 0.00000256. The molecule has 1 amide bonds. The van der Waals surface area contributed by atoms with Gasteiger partial charge in [-0.1, -0.05) is 31.4 Å². The molecule has 2 aromatic rings. The summed E-state index contributed by atoms with van der Waals surface area (Å²) in [5.41, 5.74) is 0.801. The van der Waals surface area contributed by atoms with Gasteiger partial charge in [0, 0.05) is 25.2 Å². The summed E-state index contributed by atoms with van der Waals surface area (Å²) in [4.78, 5) is 17.4. The maximum absolute atomic E-state index is 12.9. The number of amides is 1. The second-order valence-electron chi connectivity index (χ2n) is 8.53. The van der Waals surface area contributed by atoms with Gasteiger partial charge in [-0.3, -0.25) is 4.79 Å². The lowest BCUT2D eigenvalue weighted by molar-refractivity contribution is 0.0762. The minimum Gasteiger partial charge on any atom is -0.494 e. The van der Waals surface area contributed by atoms with E-state index in [0.29, 0.717) is 0 Å². The molecule has 5 heteroatoms. The van der Waals surface area contributed by atoms with Crippen molar-refractivity contribution in [3.05, 3.63) is 42.0 Å². The van der Waals surface area contributed by atoms with Crippen molar-refractivity contribution in [2.75, 3.05) is 39.3 Å². The number of fused-ring (bicyclic) bond motifs is 1. The van der Waals surface area contributed by atoms with Crippen LogP contribution in [0, 0.1) is 0 Å². The third-order valence-corrected chi connectivity index (χ3v) is 6.29. The van der Waals surface area contributed by atoms with Gasteiger partial charge in [0.1, 0.15) is 5.75 Å². The fourth-order valence-corrected chi connectivity index (χ4v) is 4.56. The van der Waals surface area contributed by atoms with Gasteiger partial charge in [-0.2, -0.15) is 0 Å². The lowest BCUT2D eigenvalue weighted by Crippen LogP contribution is -2.31. The SMILES string of the molecule is Cl.O=C(c1ccc2cc(OCCCN3CCCCC3)ccc2c1)N1CCCCCC1. The minimum absolute atomic E-state index is 0. The van der Waals surface area contributed by atoms with Crippen LogP contribution in [0.15, 0.2) is 36.4 Å². The molecule has 0 spiro atoms. The Hall–Kier alpha value is -1.78. The smallest absolute Gasteiger partial charge is 0.253 e. The molecule has 30 heavy (non-hydrogen) atoms. The van der Waals surface area contributed by atoms with Crippen molar-refractivity contribution in [3.8, 4) is 5.75 Å². The number of carbonyl (C=O) groups is 1. The summed E-state index contributed by atoms with van der Waals surface area (Å²) in [5, 5.41) is 2.23. The van der Waals surface area contributed by atoms with Crippen LogP contribution in [0.3, 0.4) is 0 Å². The molecular weight excluding hydrogens is 396 g/mol. The molecule has 2 heterocycles. The summed E-state index contributed by atoms with van der Waals surface area (Å²) in [6.45, 7) is 6.16. The molecule has 4 nitrogen and oxygen atoms in total. The van der Waals surface area contributed by atoms with Crippen LogP contribution in [0.4, 0.5) is 0 Å². The van der Waals surface area contributed by atoms with Gasteiger partial charge in [0.15, 0.2) is 0 Å². The average Bonchev–Trinajstić information content (AvgIpc) is 3.06. The van der Waals surface area contributed by atoms with E-state index in [4.69, 9.17) is 4.74 Å². The fourth-order valence-electron chi connectivity index (χ4n) is 4.56. The van der Waals surface area contributed by atoms with Gasteiger partial charge in [-0.15, -0.1) is 12.4 Å². The first-order valence-corrected chi connectivity index (χ1v) is 11.5. The summed E-state index contributed by atoms with van der Waals surface area (Å²) < 4.78 is 5.99. The molecule has 164 valence electrons. The normalized spacial score (nSPS) is 17.9. The number of rotatable bonds is 6. The zero-order chi connectivity index (χ0) is 19.9. The number of carbonyl (C=O) groups excluding carboxylic acids is 1. The predicted molar refractivity (Wildman–Crippen MR) is 126 cm³/mol. The largest absolute Gasteiger partial charge is 0.494 e. The van der Waals surface area contributed by atoms with E-state index in [9.17, 15) is 4.79 Å². The van der Waals surface area contributed by atoms with E-state index < -0.39 is 0 Å². The standard InChI is InChI=1S/C25H34N2O2.ClH/c28-25(27-16-6-1-2-7-17-27)23-10-9-22-20-24(12-11-21(22)19-23)29-18-8-15-26-13-4-3-5-14-26;/h9-12,19-20H,1-8,13-18H2;1H. The molecule has 0 N–H and O–H groups in total. The number of hydrogen-bond acceptors (Lipinski definition) is 3. The van der Waals surface area contributed by atoms with Crippen molar-refractivity contribution in [2.24, 2.45) is 0 Å². The lowest BCUT2D eigenvalue weighted by atomic mass is 10.1. The molecule has 4 rings (SSSR count). The molecule has 2 aliphatic rings. The molecule has 2 saturated heterocycles. The van der Waals surface area contributed by atoms with Gasteiger partial charge in [0.2, 0.25) is 0 Å². The van der Waals surface area contributed by atoms with Crippen LogP contribution >= 0.6 is 12.4 Å². The highest BCUT2D eigenvalue weighted by Gasteiger charge is 2.17. The van der Waals surface area contributed by atoms with E-state index in [1.807, 2.05) is 23.1 Å². The van der Waals surface area contributed by atoms with Crippen molar-refractivity contribution >= 4 is 29.1 Å². The van der Waals surface area contributed by atoms with Gasteiger partial charge in [0.25, 0.3) is 5.91 Å². The molecule has 0 atom stereocenters. The zero-order valence-electron chi connectivity index (χ0n) is 18.0. The number of benzene rings is 2. The summed E-state index contributed by atoms with van der Waals surface area (Å²) >= 11 is 0. The lowest BCUT2D eigenvalue weighted by Gasteiger charge is -2.26. The van der Waals surface area contributed by atoms with E-state index in [0.717, 1.165) is 67.6 Å². The minimum atomic E-state index is 0. The van der Waals surface area contributed by atoms with Crippen LogP contribution in [-0.4, -0.2) is 55.0 Å². The van der Waals surface area contributed by atoms with Crippen molar-refractivity contribution in [1.29, 1.82) is 0 Å². The first kappa shape index (κ1) is 22.9. The molecule has 2 fully saturated rings. The van der Waals surface area contributed by atoms with Gasteiger partial charge in [-0.25, -0.2) is 0 Å². The highest BCUT2D eigenvalue weighted by molar-refractivity contribution is 5.98. The molecule has 0 unspecified atom stereocenters. The second kappa shape index (κ2) is 11.6. The number of nitrogens with zero attached hydrogens (tertiary/aromatic N) is 2. The number of ether oxygens (including phenoxy) is 1. The van der Waals surface area contributed by atoms with Crippen LogP contribution in [0.25, 0.3) is 10.8 Å². The van der Waals surface area contributed by atoms with Crippen molar-refractivity contribution in [3.63, 3.8) is 0 Å². The highest BCUT2D eigenvalue weighted by Crippen LogP contribution is 2.23. The first-order chi connectivity index (χ1) is 14.3. The van der Waals surface area contributed by atoms with Crippen molar-refractivity contribution in [2.45, 2.75) is 51.4 Å². The highest BCUT2D eigenvalue weighted by atomic mass is 35.5. The maximum atomic E-state index is 12.9. The Morgan fingerprint density at radius 3 is 2.20 bits per heavy atom. The van der Waals surface area contributed by atoms with E-state index >= 15 is 0 Å². The Bertz CT molecular complexity index is 812. The number of hydrogen-bond donors (Lipinski definition) is 0. The Morgan fingerprint density at radius 1 is 0.800 bits per heavy atom. The van der Waals surface area contributed by atoms with Crippen LogP contribution < -0.4 is 4.74 Å². The van der Waals surface area contributed by atoms with Crippen LogP contribution in [0.2, 0.25) is 0 Å². The van der Waals surface area contributed by atoms with Crippen LogP contribution in [0.1, 0.15) is 61.7 Å². The van der Waals surface area contributed by atoms with E-state index in [1.54, 1.807) is 0 Å². The summed E-state index contributed by atoms with van der Waals surface area (Å²) in [6, 6.07) is 12.3. The van der Waals surface area contributed by atoms with Gasteiger partial charge >= 0.3 is 0 Å². The number of halogens is 1. The molecule has 0 bridgehead atoms. The molecule has 0 aliphatic carbocycles. The van der Waals surface area contributed by atoms with Gasteiger partial charge < -0.3 is 14.5 Å². The fraction of sp³-hybridized carbons (Fsp3) is 0.560. The van der Waals surface area contributed by atoms with Gasteiger partial charge in [-0.05, 0) is 80.2 Å².